The highest BCUT2D eigenvalue weighted by atomic mass is 16.5. The molecule has 2 aliphatic rings. The van der Waals surface area contributed by atoms with E-state index < -0.39 is 30.1 Å². The zero-order valence-corrected chi connectivity index (χ0v) is 23.3. The lowest BCUT2D eigenvalue weighted by atomic mass is 9.91. The van der Waals surface area contributed by atoms with Gasteiger partial charge in [-0.3, -0.25) is 19.7 Å². The number of carbonyl (C=O) groups is 3. The maximum atomic E-state index is 14.0. The van der Waals surface area contributed by atoms with Crippen molar-refractivity contribution in [3.05, 3.63) is 106 Å². The number of aromatic amines is 1. The van der Waals surface area contributed by atoms with Gasteiger partial charge in [-0.15, -0.1) is 0 Å². The normalized spacial score (nSPS) is 19.0. The number of pyridine rings is 1. The van der Waals surface area contributed by atoms with Crippen molar-refractivity contribution >= 4 is 40.1 Å². The van der Waals surface area contributed by atoms with Gasteiger partial charge in [0.05, 0.1) is 19.1 Å². The maximum absolute atomic E-state index is 14.0. The average Bonchev–Trinajstić information content (AvgIpc) is 2.97. The van der Waals surface area contributed by atoms with E-state index in [-0.39, 0.29) is 24.5 Å². The molecule has 0 saturated heterocycles. The zero-order valence-electron chi connectivity index (χ0n) is 23.3. The largest absolute Gasteiger partial charge is 0.481 e. The second-order valence-electron chi connectivity index (χ2n) is 10.4. The predicted molar refractivity (Wildman–Crippen MR) is 160 cm³/mol. The number of rotatable bonds is 5. The predicted octanol–water partition coefficient (Wildman–Crippen LogP) is 5.24. The van der Waals surface area contributed by atoms with Gasteiger partial charge in [0.2, 0.25) is 5.91 Å². The Morgan fingerprint density at radius 3 is 2.64 bits per heavy atom. The van der Waals surface area contributed by atoms with Gasteiger partial charge in [-0.05, 0) is 64.4 Å². The molecule has 0 aliphatic carbocycles. The Balaban J connectivity index is 1.61. The number of benzene rings is 3. The average molecular weight is 569 g/mol. The number of fused-ring (bicyclic) bond motifs is 10. The molecule has 216 valence electrons. The van der Waals surface area contributed by atoms with Crippen molar-refractivity contribution in [3.8, 4) is 0 Å². The first-order chi connectivity index (χ1) is 20.2. The van der Waals surface area contributed by atoms with E-state index in [4.69, 9.17) is 4.74 Å². The molecule has 42 heavy (non-hydrogen) atoms. The highest BCUT2D eigenvalue weighted by Crippen LogP contribution is 2.30. The van der Waals surface area contributed by atoms with Gasteiger partial charge in [0, 0.05) is 28.9 Å². The number of H-pyrrole nitrogens is 1. The third-order valence-corrected chi connectivity index (χ3v) is 7.46. The number of carboxylic acid groups (broad SMARTS) is 1. The van der Waals surface area contributed by atoms with Crippen LogP contribution in [0.5, 0.6) is 0 Å². The van der Waals surface area contributed by atoms with E-state index in [1.165, 1.54) is 0 Å². The lowest BCUT2D eigenvalue weighted by Crippen LogP contribution is -2.37. The van der Waals surface area contributed by atoms with E-state index in [1.54, 1.807) is 54.7 Å². The van der Waals surface area contributed by atoms with E-state index in [9.17, 15) is 24.3 Å². The van der Waals surface area contributed by atoms with Crippen LogP contribution in [-0.4, -0.2) is 34.7 Å². The summed E-state index contributed by atoms with van der Waals surface area (Å²) in [6.07, 6.45) is 1.24. The summed E-state index contributed by atoms with van der Waals surface area (Å²) in [7, 11) is 0. The molecule has 4 bridgehead atoms. The third-order valence-electron chi connectivity index (χ3n) is 7.46. The fourth-order valence-corrected chi connectivity index (χ4v) is 5.29. The summed E-state index contributed by atoms with van der Waals surface area (Å²) in [6.45, 7) is 4.12. The smallest absolute Gasteiger partial charge is 0.411 e. The molecule has 6 rings (SSSR count). The Kier molecular flexibility index (Phi) is 8.24. The van der Waals surface area contributed by atoms with Gasteiger partial charge in [0.15, 0.2) is 0 Å². The van der Waals surface area contributed by atoms with Gasteiger partial charge in [0.1, 0.15) is 6.04 Å². The summed E-state index contributed by atoms with van der Waals surface area (Å²) in [5.41, 5.74) is 3.86. The summed E-state index contributed by atoms with van der Waals surface area (Å²) < 4.78 is 5.50. The summed E-state index contributed by atoms with van der Waals surface area (Å²) in [6, 6.07) is 17.6. The first-order valence-corrected chi connectivity index (χ1v) is 13.8. The third kappa shape index (κ3) is 6.27. The summed E-state index contributed by atoms with van der Waals surface area (Å²) in [5, 5.41) is 19.8. The first kappa shape index (κ1) is 28.4. The molecule has 0 saturated carbocycles. The summed E-state index contributed by atoms with van der Waals surface area (Å²) in [4.78, 5) is 53.5. The number of carbonyl (C=O) groups excluding carboxylic acids is 2. The molecule has 1 aromatic heterocycles. The number of amides is 2. The van der Waals surface area contributed by atoms with E-state index >= 15 is 0 Å². The molecule has 10 nitrogen and oxygen atoms in total. The Morgan fingerprint density at radius 1 is 1.02 bits per heavy atom. The van der Waals surface area contributed by atoms with Crippen LogP contribution in [0.15, 0.2) is 77.7 Å². The lowest BCUT2D eigenvalue weighted by molar-refractivity contribution is -0.137. The lowest BCUT2D eigenvalue weighted by Gasteiger charge is -2.26. The number of ether oxygens (including phenoxy) is 1. The molecule has 3 atom stereocenters. The molecule has 0 radical (unpaired) electrons. The van der Waals surface area contributed by atoms with Crippen molar-refractivity contribution in [2.75, 3.05) is 17.2 Å². The van der Waals surface area contributed by atoms with Crippen molar-refractivity contribution in [1.82, 2.24) is 10.3 Å². The fourth-order valence-electron chi connectivity index (χ4n) is 5.29. The van der Waals surface area contributed by atoms with Crippen LogP contribution >= 0.6 is 0 Å². The molecule has 3 heterocycles. The Bertz CT molecular complexity index is 1720. The summed E-state index contributed by atoms with van der Waals surface area (Å²) >= 11 is 0. The topological polar surface area (TPSA) is 150 Å². The van der Waals surface area contributed by atoms with Crippen molar-refractivity contribution in [2.45, 2.75) is 44.7 Å². The highest BCUT2D eigenvalue weighted by Gasteiger charge is 2.27. The van der Waals surface area contributed by atoms with Crippen molar-refractivity contribution in [2.24, 2.45) is 0 Å². The summed E-state index contributed by atoms with van der Waals surface area (Å²) in [5.74, 6) is -1.65. The van der Waals surface area contributed by atoms with Gasteiger partial charge in [-0.2, -0.15) is 0 Å². The first-order valence-electron chi connectivity index (χ1n) is 13.8. The van der Waals surface area contributed by atoms with Crippen LogP contribution in [0.1, 0.15) is 60.5 Å². The van der Waals surface area contributed by atoms with Crippen LogP contribution in [0.4, 0.5) is 16.2 Å². The maximum Gasteiger partial charge on any atom is 0.411 e. The molecule has 2 aliphatic heterocycles. The molecular weight excluding hydrogens is 536 g/mol. The number of anilines is 2. The van der Waals surface area contributed by atoms with E-state index in [0.29, 0.717) is 34.3 Å². The molecule has 0 fully saturated rings. The van der Waals surface area contributed by atoms with Crippen LogP contribution in [-0.2, 0) is 20.7 Å². The van der Waals surface area contributed by atoms with E-state index in [0.717, 1.165) is 16.5 Å². The molecule has 4 aromatic rings. The number of aromatic nitrogens is 1. The number of hydrogen-bond donors (Lipinski definition) is 5. The second-order valence-corrected chi connectivity index (χ2v) is 10.4. The number of nitrogens with one attached hydrogen (secondary N) is 4. The van der Waals surface area contributed by atoms with Crippen LogP contribution in [0, 0.1) is 0 Å². The molecule has 10 heteroatoms. The van der Waals surface area contributed by atoms with Gasteiger partial charge >= 0.3 is 12.1 Å². The number of aryl methyl sites for hydroxylation is 1. The Hall–Kier alpha value is -5.12. The highest BCUT2D eigenvalue weighted by molar-refractivity contribution is 5.90. The van der Waals surface area contributed by atoms with Gasteiger partial charge in [-0.25, -0.2) is 4.79 Å². The minimum absolute atomic E-state index is 0.105. The molecule has 5 N–H and O–H groups in total. The van der Waals surface area contributed by atoms with Gasteiger partial charge in [-0.1, -0.05) is 50.2 Å². The monoisotopic (exact) mass is 568 g/mol. The number of aliphatic carboxylic acids is 1. The fraction of sp³-hybridized carbons (Fsp3) is 0.250. The number of hydrogen-bond acceptors (Lipinski definition) is 6. The van der Waals surface area contributed by atoms with Crippen molar-refractivity contribution in [1.29, 1.82) is 0 Å². The SMILES string of the molecule is CCc1cc2ccc1[C@@H](C)COC(=O)Nc1cccc(c1)C(CC(=O)O)NC(=O)[C@@H]2Nc1ccc2cc[nH]c(=O)c2c1. The quantitative estimate of drug-likeness (QED) is 0.221. The van der Waals surface area contributed by atoms with Crippen LogP contribution in [0.2, 0.25) is 0 Å². The van der Waals surface area contributed by atoms with Crippen LogP contribution in [0.3, 0.4) is 0 Å². The minimum Gasteiger partial charge on any atom is -0.481 e. The van der Waals surface area contributed by atoms with Gasteiger partial charge < -0.3 is 25.5 Å². The molecule has 3 aromatic carbocycles. The molecule has 1 unspecified atom stereocenters. The van der Waals surface area contributed by atoms with Crippen molar-refractivity contribution in [3.63, 3.8) is 0 Å². The second kappa shape index (κ2) is 12.2. The minimum atomic E-state index is -1.10. The van der Waals surface area contributed by atoms with Crippen LogP contribution < -0.4 is 21.5 Å². The Morgan fingerprint density at radius 2 is 1.86 bits per heavy atom. The standard InChI is InChI=1S/C32H32N4O6/c1-3-19-13-22-8-10-25(19)18(2)17-42-32(41)35-23-6-4-5-21(14-23)27(16-28(37)38)36-31(40)29(22)34-24-9-7-20-11-12-33-30(39)26(20)15-24/h4-15,18,27,29,34H,3,16-17H2,1-2H3,(H,33,39)(H,35,41)(H,36,40)(H,37,38)/t18-,27?,29+/m0/s1. The zero-order chi connectivity index (χ0) is 29.8. The Labute approximate surface area is 242 Å². The molecular formula is C32H32N4O6. The number of carboxylic acids is 1. The van der Waals surface area contributed by atoms with Crippen molar-refractivity contribution < 1.29 is 24.2 Å². The van der Waals surface area contributed by atoms with Crippen LogP contribution in [0.25, 0.3) is 10.8 Å². The van der Waals surface area contributed by atoms with Gasteiger partial charge in [0.25, 0.3) is 5.56 Å². The molecule has 0 spiro atoms. The molecule has 2 amide bonds. The van der Waals surface area contributed by atoms with E-state index in [1.807, 2.05) is 32.0 Å². The van der Waals surface area contributed by atoms with E-state index in [2.05, 4.69) is 20.9 Å².